The Morgan fingerprint density at radius 3 is 2.80 bits per heavy atom. The Morgan fingerprint density at radius 1 is 1.20 bits per heavy atom. The Labute approximate surface area is 184 Å². The number of rotatable bonds is 3. The molecule has 154 valence electrons. The predicted molar refractivity (Wildman–Crippen MR) is 117 cm³/mol. The van der Waals surface area contributed by atoms with Gasteiger partial charge in [0.15, 0.2) is 6.61 Å². The summed E-state index contributed by atoms with van der Waals surface area (Å²) in [6.07, 6.45) is 1.77. The topological polar surface area (TPSA) is 51.5 Å². The molecule has 1 atom stereocenters. The second-order valence-electron chi connectivity index (χ2n) is 7.82. The van der Waals surface area contributed by atoms with Crippen molar-refractivity contribution in [1.82, 2.24) is 9.47 Å². The van der Waals surface area contributed by atoms with Gasteiger partial charge in [0.05, 0.1) is 22.3 Å². The van der Waals surface area contributed by atoms with Crippen LogP contribution in [0.4, 0.5) is 0 Å². The first-order valence-corrected chi connectivity index (χ1v) is 10.7. The van der Waals surface area contributed by atoms with E-state index in [4.69, 9.17) is 27.9 Å². The van der Waals surface area contributed by atoms with E-state index in [1.807, 2.05) is 34.6 Å². The number of para-hydroxylation sites is 1. The summed E-state index contributed by atoms with van der Waals surface area (Å²) in [6, 6.07) is 11.2. The quantitative estimate of drug-likeness (QED) is 0.560. The van der Waals surface area contributed by atoms with E-state index in [0.29, 0.717) is 35.2 Å². The van der Waals surface area contributed by atoms with Gasteiger partial charge in [0, 0.05) is 23.4 Å². The van der Waals surface area contributed by atoms with E-state index >= 15 is 0 Å². The van der Waals surface area contributed by atoms with Crippen LogP contribution in [0.3, 0.4) is 0 Å². The molecule has 0 saturated carbocycles. The summed E-state index contributed by atoms with van der Waals surface area (Å²) in [4.78, 5) is 27.7. The SMILES string of the molecule is Cc1cc(Cl)cc(Cl)c1OCC(=O)N1CCc2c3n(c4ccccc24)C(=O)CCC31. The van der Waals surface area contributed by atoms with Gasteiger partial charge in [-0.15, -0.1) is 0 Å². The van der Waals surface area contributed by atoms with Gasteiger partial charge in [-0.05, 0) is 49.1 Å². The molecule has 2 aliphatic rings. The molecule has 2 aliphatic heterocycles. The van der Waals surface area contributed by atoms with Gasteiger partial charge in [-0.3, -0.25) is 14.2 Å². The Kier molecular flexibility index (Phi) is 4.75. The first kappa shape index (κ1) is 19.5. The highest BCUT2D eigenvalue weighted by atomic mass is 35.5. The van der Waals surface area contributed by atoms with E-state index in [1.165, 1.54) is 5.56 Å². The Hall–Kier alpha value is -2.50. The first-order chi connectivity index (χ1) is 14.5. The number of hydrogen-bond donors (Lipinski definition) is 0. The monoisotopic (exact) mass is 442 g/mol. The zero-order valence-corrected chi connectivity index (χ0v) is 18.0. The van der Waals surface area contributed by atoms with E-state index in [0.717, 1.165) is 28.6 Å². The normalized spacial score (nSPS) is 17.9. The van der Waals surface area contributed by atoms with Crippen LogP contribution in [0.2, 0.25) is 10.0 Å². The summed E-state index contributed by atoms with van der Waals surface area (Å²) >= 11 is 12.3. The average Bonchev–Trinajstić information content (AvgIpc) is 3.06. The average molecular weight is 443 g/mol. The standard InChI is InChI=1S/C23H20Cl2N2O3/c1-13-10-14(24)11-17(25)23(13)30-12-21(29)26-9-8-16-15-4-2-3-5-18(15)27-20(28)7-6-19(26)22(16)27/h2-5,10-11,19H,6-9,12H2,1H3. The van der Waals surface area contributed by atoms with Gasteiger partial charge in [-0.1, -0.05) is 41.4 Å². The molecule has 0 N–H and O–H groups in total. The fourth-order valence-corrected chi connectivity index (χ4v) is 5.45. The fourth-order valence-electron chi connectivity index (χ4n) is 4.80. The van der Waals surface area contributed by atoms with Crippen molar-refractivity contribution in [2.45, 2.75) is 32.2 Å². The van der Waals surface area contributed by atoms with Crippen molar-refractivity contribution >= 4 is 45.9 Å². The second kappa shape index (κ2) is 7.33. The summed E-state index contributed by atoms with van der Waals surface area (Å²) in [6.45, 7) is 2.34. The zero-order chi connectivity index (χ0) is 21.0. The number of carbonyl (C=O) groups excluding carboxylic acids is 2. The molecule has 0 spiro atoms. The van der Waals surface area contributed by atoms with Gasteiger partial charge in [0.1, 0.15) is 5.75 Å². The highest BCUT2D eigenvalue weighted by Gasteiger charge is 2.39. The summed E-state index contributed by atoms with van der Waals surface area (Å²) in [5, 5.41) is 2.02. The van der Waals surface area contributed by atoms with Crippen LogP contribution in [-0.2, 0) is 11.2 Å². The third-order valence-corrected chi connectivity index (χ3v) is 6.55. The zero-order valence-electron chi connectivity index (χ0n) is 16.5. The molecule has 1 aromatic heterocycles. The number of halogens is 2. The van der Waals surface area contributed by atoms with Crippen molar-refractivity contribution in [3.05, 3.63) is 63.3 Å². The van der Waals surface area contributed by atoms with Crippen molar-refractivity contribution in [1.29, 1.82) is 0 Å². The van der Waals surface area contributed by atoms with Crippen molar-refractivity contribution in [3.63, 3.8) is 0 Å². The minimum absolute atomic E-state index is 0.0952. The van der Waals surface area contributed by atoms with E-state index < -0.39 is 0 Å². The van der Waals surface area contributed by atoms with Gasteiger partial charge in [0.2, 0.25) is 5.91 Å². The number of amides is 1. The minimum Gasteiger partial charge on any atom is -0.482 e. The van der Waals surface area contributed by atoms with Gasteiger partial charge in [-0.25, -0.2) is 0 Å². The lowest BCUT2D eigenvalue weighted by Crippen LogP contribution is -2.45. The maximum Gasteiger partial charge on any atom is 0.261 e. The fraction of sp³-hybridized carbons (Fsp3) is 0.304. The number of ether oxygens (including phenoxy) is 1. The lowest BCUT2D eigenvalue weighted by Gasteiger charge is -2.39. The van der Waals surface area contributed by atoms with Crippen molar-refractivity contribution in [2.24, 2.45) is 0 Å². The number of carbonyl (C=O) groups is 2. The smallest absolute Gasteiger partial charge is 0.261 e. The third kappa shape index (κ3) is 2.99. The van der Waals surface area contributed by atoms with E-state index in [1.54, 1.807) is 12.1 Å². The van der Waals surface area contributed by atoms with E-state index in [-0.39, 0.29) is 24.5 Å². The van der Waals surface area contributed by atoms with Gasteiger partial charge < -0.3 is 9.64 Å². The lowest BCUT2D eigenvalue weighted by atomic mass is 9.92. The van der Waals surface area contributed by atoms with Crippen LogP contribution in [-0.4, -0.2) is 34.4 Å². The molecule has 30 heavy (non-hydrogen) atoms. The third-order valence-electron chi connectivity index (χ3n) is 6.05. The molecule has 0 bridgehead atoms. The number of fused-ring (bicyclic) bond motifs is 3. The largest absolute Gasteiger partial charge is 0.482 e. The predicted octanol–water partition coefficient (Wildman–Crippen LogP) is 5.20. The molecule has 7 heteroatoms. The Morgan fingerprint density at radius 2 is 2.00 bits per heavy atom. The molecule has 0 radical (unpaired) electrons. The molecule has 0 fully saturated rings. The highest BCUT2D eigenvalue weighted by Crippen LogP contribution is 2.42. The molecule has 0 saturated heterocycles. The van der Waals surface area contributed by atoms with Crippen LogP contribution < -0.4 is 4.74 Å². The van der Waals surface area contributed by atoms with Crippen LogP contribution in [0.5, 0.6) is 5.75 Å². The Balaban J connectivity index is 1.44. The summed E-state index contributed by atoms with van der Waals surface area (Å²) in [7, 11) is 0. The molecule has 1 amide bonds. The second-order valence-corrected chi connectivity index (χ2v) is 8.67. The molecule has 1 unspecified atom stereocenters. The van der Waals surface area contributed by atoms with Crippen LogP contribution in [0, 0.1) is 6.92 Å². The summed E-state index contributed by atoms with van der Waals surface area (Å²) < 4.78 is 7.61. The number of benzene rings is 2. The summed E-state index contributed by atoms with van der Waals surface area (Å²) in [5.41, 5.74) is 3.87. The maximum absolute atomic E-state index is 13.1. The molecule has 3 aromatic rings. The first-order valence-electron chi connectivity index (χ1n) is 9.99. The number of nitrogens with zero attached hydrogens (tertiary/aromatic N) is 2. The molecular weight excluding hydrogens is 423 g/mol. The van der Waals surface area contributed by atoms with Crippen LogP contribution in [0.15, 0.2) is 36.4 Å². The number of aromatic nitrogens is 1. The molecule has 5 nitrogen and oxygen atoms in total. The van der Waals surface area contributed by atoms with Crippen LogP contribution in [0.25, 0.3) is 10.9 Å². The van der Waals surface area contributed by atoms with E-state index in [9.17, 15) is 9.59 Å². The Bertz CT molecular complexity index is 1180. The molecule has 0 aliphatic carbocycles. The lowest BCUT2D eigenvalue weighted by molar-refractivity contribution is -0.136. The molecule has 3 heterocycles. The maximum atomic E-state index is 13.1. The van der Waals surface area contributed by atoms with Crippen molar-refractivity contribution < 1.29 is 14.3 Å². The minimum atomic E-state index is -0.114. The van der Waals surface area contributed by atoms with Gasteiger partial charge >= 0.3 is 0 Å². The van der Waals surface area contributed by atoms with Crippen LogP contribution >= 0.6 is 23.2 Å². The van der Waals surface area contributed by atoms with Crippen molar-refractivity contribution in [2.75, 3.05) is 13.2 Å². The van der Waals surface area contributed by atoms with E-state index in [2.05, 4.69) is 6.07 Å². The molecule has 5 rings (SSSR count). The highest BCUT2D eigenvalue weighted by molar-refractivity contribution is 6.35. The summed E-state index contributed by atoms with van der Waals surface area (Å²) in [5.74, 6) is 0.458. The number of aryl methyl sites for hydroxylation is 1. The molecule has 2 aromatic carbocycles. The van der Waals surface area contributed by atoms with Gasteiger partial charge in [-0.2, -0.15) is 0 Å². The van der Waals surface area contributed by atoms with Gasteiger partial charge in [0.25, 0.3) is 5.91 Å². The van der Waals surface area contributed by atoms with Crippen LogP contribution in [0.1, 0.15) is 40.5 Å². The number of hydrogen-bond acceptors (Lipinski definition) is 3. The molecular formula is C23H20Cl2N2O3. The van der Waals surface area contributed by atoms with Crippen molar-refractivity contribution in [3.8, 4) is 5.75 Å².